The van der Waals surface area contributed by atoms with E-state index in [1.807, 2.05) is 6.92 Å². The van der Waals surface area contributed by atoms with Crippen molar-refractivity contribution in [2.45, 2.75) is 20.4 Å². The number of halogens is 2. The molecule has 7 nitrogen and oxygen atoms in total. The maximum atomic E-state index is 13.5. The van der Waals surface area contributed by atoms with Gasteiger partial charge in [0.25, 0.3) is 11.5 Å². The molecule has 0 fully saturated rings. The van der Waals surface area contributed by atoms with Crippen LogP contribution in [0.15, 0.2) is 29.3 Å². The summed E-state index contributed by atoms with van der Waals surface area (Å²) >= 11 is 1.39. The van der Waals surface area contributed by atoms with Crippen LogP contribution in [0.5, 0.6) is 0 Å². The second kappa shape index (κ2) is 7.85. The standard InChI is InChI=1S/C18H15F2N3O4S/c1-9-10(2)28-17-16(9)18(26)23(8-21-17)6-15(25)27-7-14(24)22-13-4-3-11(19)5-12(13)20/h3-5,8H,6-7H2,1-2H3,(H,22,24). The number of hydrogen-bond donors (Lipinski definition) is 1. The van der Waals surface area contributed by atoms with Crippen LogP contribution >= 0.6 is 11.3 Å². The van der Waals surface area contributed by atoms with Gasteiger partial charge in [0.15, 0.2) is 6.61 Å². The third-order valence-corrected chi connectivity index (χ3v) is 5.14. The van der Waals surface area contributed by atoms with Crippen LogP contribution in [0.1, 0.15) is 10.4 Å². The fourth-order valence-corrected chi connectivity index (χ4v) is 3.48. The zero-order chi connectivity index (χ0) is 20.4. The van der Waals surface area contributed by atoms with Crippen molar-refractivity contribution < 1.29 is 23.1 Å². The van der Waals surface area contributed by atoms with E-state index in [0.29, 0.717) is 16.3 Å². The molecule has 0 unspecified atom stereocenters. The highest BCUT2D eigenvalue weighted by molar-refractivity contribution is 7.18. The summed E-state index contributed by atoms with van der Waals surface area (Å²) in [5, 5.41) is 2.61. The van der Waals surface area contributed by atoms with Gasteiger partial charge in [0.05, 0.1) is 17.4 Å². The number of thiophene rings is 1. The zero-order valence-corrected chi connectivity index (χ0v) is 15.7. The highest BCUT2D eigenvalue weighted by atomic mass is 32.1. The number of anilines is 1. The topological polar surface area (TPSA) is 90.3 Å². The van der Waals surface area contributed by atoms with E-state index in [1.54, 1.807) is 6.92 Å². The third-order valence-electron chi connectivity index (χ3n) is 4.02. The molecule has 28 heavy (non-hydrogen) atoms. The minimum Gasteiger partial charge on any atom is -0.454 e. The number of amides is 1. The maximum Gasteiger partial charge on any atom is 0.326 e. The number of nitrogens with zero attached hydrogens (tertiary/aromatic N) is 2. The van der Waals surface area contributed by atoms with Crippen molar-refractivity contribution in [1.29, 1.82) is 0 Å². The summed E-state index contributed by atoms with van der Waals surface area (Å²) in [6.07, 6.45) is 1.25. The van der Waals surface area contributed by atoms with Crippen LogP contribution in [-0.2, 0) is 20.9 Å². The first kappa shape index (κ1) is 19.6. The van der Waals surface area contributed by atoms with E-state index in [1.165, 1.54) is 17.7 Å². The lowest BCUT2D eigenvalue weighted by atomic mass is 10.2. The van der Waals surface area contributed by atoms with E-state index in [9.17, 15) is 23.2 Å². The van der Waals surface area contributed by atoms with Crippen molar-refractivity contribution in [3.63, 3.8) is 0 Å². The van der Waals surface area contributed by atoms with Crippen LogP contribution in [0.4, 0.5) is 14.5 Å². The lowest BCUT2D eigenvalue weighted by molar-refractivity contribution is -0.147. The number of benzene rings is 1. The summed E-state index contributed by atoms with van der Waals surface area (Å²) in [4.78, 5) is 41.9. The summed E-state index contributed by atoms with van der Waals surface area (Å²) in [6.45, 7) is 2.58. The minimum atomic E-state index is -0.952. The summed E-state index contributed by atoms with van der Waals surface area (Å²) in [6, 6.07) is 2.65. The van der Waals surface area contributed by atoms with Gasteiger partial charge in [-0.25, -0.2) is 13.8 Å². The monoisotopic (exact) mass is 407 g/mol. The summed E-state index contributed by atoms with van der Waals surface area (Å²) in [5.41, 5.74) is 0.194. The zero-order valence-electron chi connectivity index (χ0n) is 14.9. The number of hydrogen-bond acceptors (Lipinski definition) is 6. The normalized spacial score (nSPS) is 10.9. The predicted octanol–water partition coefficient (Wildman–Crippen LogP) is 2.53. The van der Waals surface area contributed by atoms with Crippen LogP contribution < -0.4 is 10.9 Å². The smallest absolute Gasteiger partial charge is 0.326 e. The van der Waals surface area contributed by atoms with Gasteiger partial charge in [-0.2, -0.15) is 0 Å². The number of carbonyl (C=O) groups excluding carboxylic acids is 2. The summed E-state index contributed by atoms with van der Waals surface area (Å²) < 4.78 is 32.3. The fourth-order valence-electron chi connectivity index (χ4n) is 2.49. The van der Waals surface area contributed by atoms with E-state index in [0.717, 1.165) is 27.1 Å². The molecule has 0 aliphatic rings. The van der Waals surface area contributed by atoms with E-state index >= 15 is 0 Å². The minimum absolute atomic E-state index is 0.239. The number of fused-ring (bicyclic) bond motifs is 1. The highest BCUT2D eigenvalue weighted by Crippen LogP contribution is 2.25. The Morgan fingerprint density at radius 1 is 1.29 bits per heavy atom. The Kier molecular flexibility index (Phi) is 5.50. The van der Waals surface area contributed by atoms with Gasteiger partial charge in [-0.05, 0) is 31.5 Å². The highest BCUT2D eigenvalue weighted by Gasteiger charge is 2.15. The molecule has 146 valence electrons. The van der Waals surface area contributed by atoms with E-state index < -0.39 is 36.7 Å². The average molecular weight is 407 g/mol. The molecule has 1 aromatic carbocycles. The lowest BCUT2D eigenvalue weighted by Gasteiger charge is -2.08. The molecule has 1 amide bonds. The maximum absolute atomic E-state index is 13.5. The van der Waals surface area contributed by atoms with Gasteiger partial charge in [-0.15, -0.1) is 11.3 Å². The molecule has 0 saturated carbocycles. The second-order valence-electron chi connectivity index (χ2n) is 5.97. The largest absolute Gasteiger partial charge is 0.454 e. The van der Waals surface area contributed by atoms with E-state index in [2.05, 4.69) is 10.3 Å². The van der Waals surface area contributed by atoms with Crippen molar-refractivity contribution in [3.8, 4) is 0 Å². The molecule has 10 heteroatoms. The van der Waals surface area contributed by atoms with Gasteiger partial charge in [-0.3, -0.25) is 19.0 Å². The molecular formula is C18H15F2N3O4S. The van der Waals surface area contributed by atoms with Crippen molar-refractivity contribution in [3.05, 3.63) is 57.0 Å². The van der Waals surface area contributed by atoms with Gasteiger partial charge in [0, 0.05) is 10.9 Å². The Morgan fingerprint density at radius 2 is 2.04 bits per heavy atom. The van der Waals surface area contributed by atoms with E-state index in [4.69, 9.17) is 4.74 Å². The molecular weight excluding hydrogens is 392 g/mol. The molecule has 0 saturated heterocycles. The van der Waals surface area contributed by atoms with Crippen molar-refractivity contribution in [1.82, 2.24) is 9.55 Å². The van der Waals surface area contributed by atoms with Crippen LogP contribution in [0.2, 0.25) is 0 Å². The number of aromatic nitrogens is 2. The molecule has 3 aromatic rings. The Bertz CT molecular complexity index is 1140. The summed E-state index contributed by atoms with van der Waals surface area (Å²) in [7, 11) is 0. The van der Waals surface area contributed by atoms with Gasteiger partial charge in [0.2, 0.25) is 0 Å². The first-order valence-corrected chi connectivity index (χ1v) is 8.93. The number of rotatable bonds is 5. The van der Waals surface area contributed by atoms with Crippen LogP contribution in [0.3, 0.4) is 0 Å². The molecule has 1 N–H and O–H groups in total. The molecule has 0 atom stereocenters. The van der Waals surface area contributed by atoms with Crippen molar-refractivity contribution in [2.75, 3.05) is 11.9 Å². The molecule has 0 aliphatic heterocycles. The number of esters is 1. The molecule has 0 radical (unpaired) electrons. The SMILES string of the molecule is Cc1sc2ncn(CC(=O)OCC(=O)Nc3ccc(F)cc3F)c(=O)c2c1C. The van der Waals surface area contributed by atoms with E-state index in [-0.39, 0.29) is 11.2 Å². The third kappa shape index (κ3) is 4.06. The summed E-state index contributed by atoms with van der Waals surface area (Å²) in [5.74, 6) is -3.37. The Hall–Kier alpha value is -3.14. The fraction of sp³-hybridized carbons (Fsp3) is 0.222. The molecule has 0 spiro atoms. The Labute approximate surface area is 161 Å². The van der Waals surface area contributed by atoms with Gasteiger partial charge in [-0.1, -0.05) is 0 Å². The van der Waals surface area contributed by atoms with Crippen LogP contribution in [-0.4, -0.2) is 28.0 Å². The van der Waals surface area contributed by atoms with Crippen LogP contribution in [0.25, 0.3) is 10.2 Å². The van der Waals surface area contributed by atoms with Crippen LogP contribution in [0, 0.1) is 25.5 Å². The van der Waals surface area contributed by atoms with Gasteiger partial charge in [0.1, 0.15) is 23.0 Å². The first-order chi connectivity index (χ1) is 13.3. The molecule has 0 aliphatic carbocycles. The van der Waals surface area contributed by atoms with Crippen molar-refractivity contribution in [2.24, 2.45) is 0 Å². The quantitative estimate of drug-likeness (QED) is 0.657. The molecule has 3 rings (SSSR count). The molecule has 0 bridgehead atoms. The van der Waals surface area contributed by atoms with Crippen molar-refractivity contribution >= 4 is 39.1 Å². The number of nitrogens with one attached hydrogen (secondary N) is 1. The Morgan fingerprint density at radius 3 is 2.75 bits per heavy atom. The predicted molar refractivity (Wildman–Crippen MR) is 99.3 cm³/mol. The van der Waals surface area contributed by atoms with Gasteiger partial charge >= 0.3 is 5.97 Å². The number of ether oxygens (including phenoxy) is 1. The van der Waals surface area contributed by atoms with Gasteiger partial charge < -0.3 is 10.1 Å². The number of aryl methyl sites for hydroxylation is 2. The second-order valence-corrected chi connectivity index (χ2v) is 7.18. The number of carbonyl (C=O) groups is 2. The average Bonchev–Trinajstić information content (AvgIpc) is 2.93. The lowest BCUT2D eigenvalue weighted by Crippen LogP contribution is -2.28. The Balaban J connectivity index is 1.62. The molecule has 2 aromatic heterocycles. The molecule has 2 heterocycles. The first-order valence-electron chi connectivity index (χ1n) is 8.12.